The molecule has 1 N–H and O–H groups in total. The highest BCUT2D eigenvalue weighted by Crippen LogP contribution is 2.36. The first kappa shape index (κ1) is 17.9. The second-order valence-corrected chi connectivity index (χ2v) is 8.75. The van der Waals surface area contributed by atoms with Crippen LogP contribution in [0.3, 0.4) is 0 Å². The Hall–Kier alpha value is -1.86. The fourth-order valence-corrected chi connectivity index (χ4v) is 4.04. The quantitative estimate of drug-likeness (QED) is 0.617. The van der Waals surface area contributed by atoms with E-state index in [-0.39, 0.29) is 0 Å². The minimum absolute atomic E-state index is 0.533. The third-order valence-electron chi connectivity index (χ3n) is 4.06. The van der Waals surface area contributed by atoms with Crippen molar-refractivity contribution in [3.8, 4) is 5.69 Å². The molecule has 0 amide bonds. The SMILES string of the molecule is Cc1ccc2c(C)ccc(-n3c(Br)nnc3SC(C)(C)C(=O)O)c2c1. The highest BCUT2D eigenvalue weighted by molar-refractivity contribution is 9.10. The topological polar surface area (TPSA) is 68.0 Å². The molecule has 0 bridgehead atoms. The average molecular weight is 420 g/mol. The summed E-state index contributed by atoms with van der Waals surface area (Å²) >= 11 is 4.62. The number of thioether (sulfide) groups is 1. The van der Waals surface area contributed by atoms with Gasteiger partial charge >= 0.3 is 5.97 Å². The lowest BCUT2D eigenvalue weighted by atomic mass is 10.0. The molecule has 130 valence electrons. The van der Waals surface area contributed by atoms with Crippen LogP contribution in [0.15, 0.2) is 40.2 Å². The van der Waals surface area contributed by atoms with Gasteiger partial charge in [0.15, 0.2) is 5.16 Å². The van der Waals surface area contributed by atoms with Gasteiger partial charge in [-0.25, -0.2) is 0 Å². The maximum Gasteiger partial charge on any atom is 0.319 e. The maximum absolute atomic E-state index is 11.5. The molecular formula is C18H18BrN3O2S. The van der Waals surface area contributed by atoms with Gasteiger partial charge in [0, 0.05) is 5.39 Å². The van der Waals surface area contributed by atoms with Gasteiger partial charge in [-0.2, -0.15) is 0 Å². The van der Waals surface area contributed by atoms with Gasteiger partial charge in [0.2, 0.25) is 4.73 Å². The lowest BCUT2D eigenvalue weighted by Gasteiger charge is -2.19. The van der Waals surface area contributed by atoms with Crippen molar-refractivity contribution in [1.82, 2.24) is 14.8 Å². The van der Waals surface area contributed by atoms with E-state index < -0.39 is 10.7 Å². The van der Waals surface area contributed by atoms with E-state index in [9.17, 15) is 9.90 Å². The molecule has 0 spiro atoms. The Morgan fingerprint density at radius 1 is 1.16 bits per heavy atom. The van der Waals surface area contributed by atoms with E-state index in [0.29, 0.717) is 9.89 Å². The molecule has 0 atom stereocenters. The number of hydrogen-bond donors (Lipinski definition) is 1. The molecule has 5 nitrogen and oxygen atoms in total. The summed E-state index contributed by atoms with van der Waals surface area (Å²) in [7, 11) is 0. The molecule has 3 rings (SSSR count). The van der Waals surface area contributed by atoms with Crippen molar-refractivity contribution in [2.75, 3.05) is 0 Å². The largest absolute Gasteiger partial charge is 0.480 e. The highest BCUT2D eigenvalue weighted by atomic mass is 79.9. The molecule has 25 heavy (non-hydrogen) atoms. The fourth-order valence-electron chi connectivity index (χ4n) is 2.59. The first-order valence-electron chi connectivity index (χ1n) is 7.74. The number of carbonyl (C=O) groups is 1. The van der Waals surface area contributed by atoms with Crippen LogP contribution in [0.2, 0.25) is 0 Å². The molecule has 0 saturated heterocycles. The Bertz CT molecular complexity index is 982. The zero-order valence-corrected chi connectivity index (χ0v) is 16.8. The minimum atomic E-state index is -1.01. The summed E-state index contributed by atoms with van der Waals surface area (Å²) in [6, 6.07) is 10.4. The molecule has 3 aromatic rings. The highest BCUT2D eigenvalue weighted by Gasteiger charge is 2.32. The summed E-state index contributed by atoms with van der Waals surface area (Å²) < 4.78 is 1.39. The maximum atomic E-state index is 11.5. The lowest BCUT2D eigenvalue weighted by molar-refractivity contribution is -0.138. The van der Waals surface area contributed by atoms with Crippen LogP contribution in [0.5, 0.6) is 0 Å². The average Bonchev–Trinajstić information content (AvgIpc) is 2.88. The number of nitrogens with zero attached hydrogens (tertiary/aromatic N) is 3. The Kier molecular flexibility index (Phi) is 4.64. The third kappa shape index (κ3) is 3.30. The van der Waals surface area contributed by atoms with Crippen molar-refractivity contribution >= 4 is 44.4 Å². The minimum Gasteiger partial charge on any atom is -0.480 e. The van der Waals surface area contributed by atoms with Gasteiger partial charge in [-0.3, -0.25) is 9.36 Å². The number of rotatable bonds is 4. The molecule has 0 aliphatic carbocycles. The van der Waals surface area contributed by atoms with E-state index >= 15 is 0 Å². The first-order valence-corrected chi connectivity index (χ1v) is 9.35. The van der Waals surface area contributed by atoms with Crippen molar-refractivity contribution < 1.29 is 9.90 Å². The summed E-state index contributed by atoms with van der Waals surface area (Å²) in [5, 5.41) is 20.5. The molecular weight excluding hydrogens is 402 g/mol. The van der Waals surface area contributed by atoms with Crippen LogP contribution >= 0.6 is 27.7 Å². The first-order chi connectivity index (χ1) is 11.7. The smallest absolute Gasteiger partial charge is 0.319 e. The molecule has 1 heterocycles. The number of carboxylic acid groups (broad SMARTS) is 1. The normalized spacial score (nSPS) is 11.9. The molecule has 0 aliphatic heterocycles. The number of benzene rings is 2. The van der Waals surface area contributed by atoms with Crippen LogP contribution < -0.4 is 0 Å². The molecule has 2 aromatic carbocycles. The van der Waals surface area contributed by atoms with E-state index in [4.69, 9.17) is 0 Å². The number of aryl methyl sites for hydroxylation is 2. The number of aliphatic carboxylic acids is 1. The van der Waals surface area contributed by atoms with E-state index in [2.05, 4.69) is 64.2 Å². The van der Waals surface area contributed by atoms with Crippen LogP contribution in [-0.4, -0.2) is 30.6 Å². The Morgan fingerprint density at radius 3 is 2.56 bits per heavy atom. The van der Waals surface area contributed by atoms with Crippen LogP contribution in [0.25, 0.3) is 16.5 Å². The molecule has 0 unspecified atom stereocenters. The van der Waals surface area contributed by atoms with Gasteiger partial charge < -0.3 is 5.11 Å². The Morgan fingerprint density at radius 2 is 1.88 bits per heavy atom. The predicted octanol–water partition coefficient (Wildman–Crippen LogP) is 4.76. The van der Waals surface area contributed by atoms with E-state index in [1.165, 1.54) is 17.3 Å². The zero-order valence-electron chi connectivity index (χ0n) is 14.4. The summed E-state index contributed by atoms with van der Waals surface area (Å²) in [5.41, 5.74) is 3.26. The number of aromatic nitrogens is 3. The molecule has 7 heteroatoms. The van der Waals surface area contributed by atoms with Gasteiger partial charge in [-0.05, 0) is 66.7 Å². The second-order valence-electron chi connectivity index (χ2n) is 6.46. The number of carboxylic acids is 1. The summed E-state index contributed by atoms with van der Waals surface area (Å²) in [6.45, 7) is 7.44. The number of fused-ring (bicyclic) bond motifs is 1. The van der Waals surface area contributed by atoms with Crippen LogP contribution in [0.1, 0.15) is 25.0 Å². The van der Waals surface area contributed by atoms with Gasteiger partial charge in [0.05, 0.1) is 5.69 Å². The number of halogens is 1. The van der Waals surface area contributed by atoms with Crippen molar-refractivity contribution in [2.24, 2.45) is 0 Å². The fraction of sp³-hybridized carbons (Fsp3) is 0.278. The second kappa shape index (κ2) is 6.46. The summed E-state index contributed by atoms with van der Waals surface area (Å²) in [4.78, 5) is 11.5. The van der Waals surface area contributed by atoms with Crippen LogP contribution in [-0.2, 0) is 4.79 Å². The summed E-state index contributed by atoms with van der Waals surface area (Å²) in [5.74, 6) is -0.896. The predicted molar refractivity (Wildman–Crippen MR) is 104 cm³/mol. The van der Waals surface area contributed by atoms with Gasteiger partial charge in [0.1, 0.15) is 4.75 Å². The van der Waals surface area contributed by atoms with Crippen LogP contribution in [0.4, 0.5) is 0 Å². The molecule has 1 aromatic heterocycles. The zero-order chi connectivity index (χ0) is 18.4. The van der Waals surface area contributed by atoms with Gasteiger partial charge in [-0.1, -0.05) is 35.5 Å². The van der Waals surface area contributed by atoms with Crippen molar-refractivity contribution in [3.05, 3.63) is 46.2 Å². The Balaban J connectivity index is 2.23. The molecule has 0 fully saturated rings. The van der Waals surface area contributed by atoms with Crippen LogP contribution in [0, 0.1) is 13.8 Å². The van der Waals surface area contributed by atoms with Gasteiger partial charge in [-0.15, -0.1) is 10.2 Å². The number of hydrogen-bond acceptors (Lipinski definition) is 4. The van der Waals surface area contributed by atoms with E-state index in [1.807, 2.05) is 10.6 Å². The Labute approximate surface area is 158 Å². The van der Waals surface area contributed by atoms with E-state index in [0.717, 1.165) is 22.0 Å². The lowest BCUT2D eigenvalue weighted by Crippen LogP contribution is -2.27. The van der Waals surface area contributed by atoms with Gasteiger partial charge in [0.25, 0.3) is 0 Å². The summed E-state index contributed by atoms with van der Waals surface area (Å²) in [6.07, 6.45) is 0. The third-order valence-corrected chi connectivity index (χ3v) is 5.71. The standard InChI is InChI=1S/C18H18BrN3O2S/c1-10-5-7-12-11(2)6-8-14(13(12)9-10)22-16(19)20-21-17(22)25-18(3,4)15(23)24/h5-9H,1-4H3,(H,23,24). The van der Waals surface area contributed by atoms with Crippen molar-refractivity contribution in [2.45, 2.75) is 37.6 Å². The van der Waals surface area contributed by atoms with Crippen molar-refractivity contribution in [3.63, 3.8) is 0 Å². The van der Waals surface area contributed by atoms with Crippen molar-refractivity contribution in [1.29, 1.82) is 0 Å². The molecule has 0 aliphatic rings. The molecule has 0 saturated carbocycles. The monoisotopic (exact) mass is 419 g/mol. The molecule has 0 radical (unpaired) electrons. The van der Waals surface area contributed by atoms with E-state index in [1.54, 1.807) is 13.8 Å².